The van der Waals surface area contributed by atoms with Crippen LogP contribution in [0, 0.1) is 5.92 Å². The maximum Gasteiger partial charge on any atom is 0.227 e. The molecule has 1 aromatic rings. The van der Waals surface area contributed by atoms with Crippen molar-refractivity contribution in [2.75, 3.05) is 5.32 Å². The maximum atomic E-state index is 11.6. The Kier molecular flexibility index (Phi) is 3.23. The Morgan fingerprint density at radius 3 is 2.32 bits per heavy atom. The predicted octanol–water partition coefficient (Wildman–Crippen LogP) is 1.86. The Morgan fingerprint density at radius 1 is 1.05 bits per heavy atom. The van der Waals surface area contributed by atoms with Crippen LogP contribution in [0.2, 0.25) is 0 Å². The molecule has 2 amide bonds. The summed E-state index contributed by atoms with van der Waals surface area (Å²) in [5.41, 5.74) is 1.78. The fourth-order valence-electron chi connectivity index (χ4n) is 1.99. The molecule has 0 aromatic heterocycles. The van der Waals surface area contributed by atoms with Gasteiger partial charge in [0.1, 0.15) is 0 Å². The second-order valence-corrected chi connectivity index (χ2v) is 5.48. The first-order chi connectivity index (χ1) is 9.20. The summed E-state index contributed by atoms with van der Waals surface area (Å²) in [6, 6.07) is 7.92. The largest absolute Gasteiger partial charge is 0.353 e. The minimum Gasteiger partial charge on any atom is -0.353 e. The highest BCUT2D eigenvalue weighted by Crippen LogP contribution is 2.30. The zero-order valence-corrected chi connectivity index (χ0v) is 10.8. The third-order valence-corrected chi connectivity index (χ3v) is 3.48. The Labute approximate surface area is 112 Å². The molecule has 0 aliphatic heterocycles. The standard InChI is InChI=1S/C15H18N2O2/c18-14(16-12-7-8-12)9-10-1-5-13(6-2-10)17-15(19)11-3-4-11/h1-2,5-6,11-12H,3-4,7-9H2,(H,16,18)(H,17,19). The van der Waals surface area contributed by atoms with E-state index in [4.69, 9.17) is 0 Å². The summed E-state index contributed by atoms with van der Waals surface area (Å²) in [4.78, 5) is 23.2. The third kappa shape index (κ3) is 3.56. The first-order valence-corrected chi connectivity index (χ1v) is 6.90. The molecular weight excluding hydrogens is 240 g/mol. The van der Waals surface area contributed by atoms with Crippen LogP contribution in [-0.4, -0.2) is 17.9 Å². The summed E-state index contributed by atoms with van der Waals surface area (Å²) in [5, 5.41) is 5.85. The van der Waals surface area contributed by atoms with Gasteiger partial charge in [-0.15, -0.1) is 0 Å². The van der Waals surface area contributed by atoms with Crippen molar-refractivity contribution in [2.24, 2.45) is 5.92 Å². The van der Waals surface area contributed by atoms with Crippen molar-refractivity contribution in [3.63, 3.8) is 0 Å². The normalized spacial score (nSPS) is 17.9. The molecule has 1 aromatic carbocycles. The summed E-state index contributed by atoms with van der Waals surface area (Å²) in [6.45, 7) is 0. The van der Waals surface area contributed by atoms with E-state index in [1.807, 2.05) is 24.3 Å². The van der Waals surface area contributed by atoms with Crippen LogP contribution in [-0.2, 0) is 16.0 Å². The Hall–Kier alpha value is -1.84. The van der Waals surface area contributed by atoms with Crippen molar-refractivity contribution < 1.29 is 9.59 Å². The SMILES string of the molecule is O=C(Cc1ccc(NC(=O)C2CC2)cc1)NC1CC1. The number of hydrogen-bond acceptors (Lipinski definition) is 2. The second-order valence-electron chi connectivity index (χ2n) is 5.48. The van der Waals surface area contributed by atoms with Gasteiger partial charge < -0.3 is 10.6 Å². The van der Waals surface area contributed by atoms with E-state index in [0.717, 1.165) is 36.9 Å². The molecule has 2 saturated carbocycles. The van der Waals surface area contributed by atoms with Gasteiger partial charge in [-0.3, -0.25) is 9.59 Å². The number of amides is 2. The maximum absolute atomic E-state index is 11.6. The van der Waals surface area contributed by atoms with Gasteiger partial charge >= 0.3 is 0 Å². The molecular formula is C15H18N2O2. The Balaban J connectivity index is 1.52. The van der Waals surface area contributed by atoms with E-state index in [1.165, 1.54) is 0 Å². The summed E-state index contributed by atoms with van der Waals surface area (Å²) in [5.74, 6) is 0.403. The molecule has 0 radical (unpaired) electrons. The average molecular weight is 258 g/mol. The van der Waals surface area contributed by atoms with Crippen LogP contribution in [0.5, 0.6) is 0 Å². The number of benzene rings is 1. The molecule has 0 atom stereocenters. The fourth-order valence-corrected chi connectivity index (χ4v) is 1.99. The minimum atomic E-state index is 0.0808. The average Bonchev–Trinajstić information content (AvgIpc) is 3.25. The lowest BCUT2D eigenvalue weighted by molar-refractivity contribution is -0.120. The van der Waals surface area contributed by atoms with E-state index in [9.17, 15) is 9.59 Å². The lowest BCUT2D eigenvalue weighted by atomic mass is 10.1. The van der Waals surface area contributed by atoms with Gasteiger partial charge in [-0.2, -0.15) is 0 Å². The fraction of sp³-hybridized carbons (Fsp3) is 0.467. The summed E-state index contributed by atoms with van der Waals surface area (Å²) >= 11 is 0. The topological polar surface area (TPSA) is 58.2 Å². The van der Waals surface area contributed by atoms with Crippen LogP contribution in [0.1, 0.15) is 31.2 Å². The van der Waals surface area contributed by atoms with Crippen molar-refractivity contribution in [1.82, 2.24) is 5.32 Å². The second kappa shape index (κ2) is 5.03. The van der Waals surface area contributed by atoms with Crippen molar-refractivity contribution in [2.45, 2.75) is 38.1 Å². The van der Waals surface area contributed by atoms with Crippen LogP contribution >= 0.6 is 0 Å². The predicted molar refractivity (Wildman–Crippen MR) is 72.7 cm³/mol. The first-order valence-electron chi connectivity index (χ1n) is 6.90. The van der Waals surface area contributed by atoms with Crippen LogP contribution in [0.4, 0.5) is 5.69 Å². The zero-order chi connectivity index (χ0) is 13.2. The van der Waals surface area contributed by atoms with E-state index in [-0.39, 0.29) is 17.7 Å². The molecule has 2 aliphatic carbocycles. The number of carbonyl (C=O) groups is 2. The van der Waals surface area contributed by atoms with Gasteiger partial charge in [0.2, 0.25) is 11.8 Å². The van der Waals surface area contributed by atoms with E-state index in [1.54, 1.807) is 0 Å². The smallest absolute Gasteiger partial charge is 0.227 e. The van der Waals surface area contributed by atoms with E-state index >= 15 is 0 Å². The highest BCUT2D eigenvalue weighted by atomic mass is 16.2. The van der Waals surface area contributed by atoms with Crippen molar-refractivity contribution in [3.05, 3.63) is 29.8 Å². The van der Waals surface area contributed by atoms with Crippen LogP contribution in [0.25, 0.3) is 0 Å². The molecule has 19 heavy (non-hydrogen) atoms. The highest BCUT2D eigenvalue weighted by Gasteiger charge is 2.29. The number of rotatable bonds is 5. The molecule has 0 unspecified atom stereocenters. The van der Waals surface area contributed by atoms with E-state index in [2.05, 4.69) is 10.6 Å². The third-order valence-electron chi connectivity index (χ3n) is 3.48. The Morgan fingerprint density at radius 2 is 1.74 bits per heavy atom. The quantitative estimate of drug-likeness (QED) is 0.847. The van der Waals surface area contributed by atoms with Gasteiger partial charge in [0.25, 0.3) is 0 Å². The van der Waals surface area contributed by atoms with Gasteiger partial charge in [0, 0.05) is 17.6 Å². The zero-order valence-electron chi connectivity index (χ0n) is 10.8. The molecule has 4 nitrogen and oxygen atoms in total. The molecule has 0 heterocycles. The first kappa shape index (κ1) is 12.2. The molecule has 2 fully saturated rings. The number of hydrogen-bond donors (Lipinski definition) is 2. The van der Waals surface area contributed by atoms with Gasteiger partial charge in [-0.1, -0.05) is 12.1 Å². The molecule has 2 N–H and O–H groups in total. The number of carbonyl (C=O) groups excluding carboxylic acids is 2. The summed E-state index contributed by atoms with van der Waals surface area (Å²) in [6.07, 6.45) is 4.64. The monoisotopic (exact) mass is 258 g/mol. The molecule has 0 spiro atoms. The molecule has 4 heteroatoms. The molecule has 0 bridgehead atoms. The lowest BCUT2D eigenvalue weighted by Crippen LogP contribution is -2.26. The van der Waals surface area contributed by atoms with Crippen LogP contribution in [0.3, 0.4) is 0 Å². The molecule has 2 aliphatic rings. The van der Waals surface area contributed by atoms with Gasteiger partial charge in [0.05, 0.1) is 6.42 Å². The molecule has 0 saturated heterocycles. The van der Waals surface area contributed by atoms with Crippen LogP contribution < -0.4 is 10.6 Å². The Bertz CT molecular complexity index is 487. The number of anilines is 1. The van der Waals surface area contributed by atoms with Crippen molar-refractivity contribution in [1.29, 1.82) is 0 Å². The van der Waals surface area contributed by atoms with Crippen molar-refractivity contribution >= 4 is 17.5 Å². The van der Waals surface area contributed by atoms with Crippen molar-refractivity contribution in [3.8, 4) is 0 Å². The van der Waals surface area contributed by atoms with Gasteiger partial charge in [-0.25, -0.2) is 0 Å². The highest BCUT2D eigenvalue weighted by molar-refractivity contribution is 5.94. The lowest BCUT2D eigenvalue weighted by Gasteiger charge is -2.06. The summed E-state index contributed by atoms with van der Waals surface area (Å²) in [7, 11) is 0. The van der Waals surface area contributed by atoms with E-state index < -0.39 is 0 Å². The van der Waals surface area contributed by atoms with Crippen LogP contribution in [0.15, 0.2) is 24.3 Å². The minimum absolute atomic E-state index is 0.0808. The van der Waals surface area contributed by atoms with Gasteiger partial charge in [0.15, 0.2) is 0 Å². The number of nitrogens with one attached hydrogen (secondary N) is 2. The molecule has 100 valence electrons. The summed E-state index contributed by atoms with van der Waals surface area (Å²) < 4.78 is 0. The molecule has 3 rings (SSSR count). The van der Waals surface area contributed by atoms with E-state index in [0.29, 0.717) is 12.5 Å². The van der Waals surface area contributed by atoms with Gasteiger partial charge in [-0.05, 0) is 43.4 Å².